The van der Waals surface area contributed by atoms with Crippen molar-refractivity contribution in [2.24, 2.45) is 0 Å². The molecule has 0 atom stereocenters. The van der Waals surface area contributed by atoms with Crippen LogP contribution in [-0.4, -0.2) is 25.0 Å². The van der Waals surface area contributed by atoms with Crippen molar-refractivity contribution >= 4 is 11.8 Å². The smallest absolute Gasteiger partial charge is 0.379 e. The SMILES string of the molecule is CCOC(=O)C(=O)c1cc(F)c(F)c(OCC)c1. The Kier molecular flexibility index (Phi) is 4.76. The molecule has 1 aromatic carbocycles. The zero-order valence-corrected chi connectivity index (χ0v) is 9.96. The van der Waals surface area contributed by atoms with Crippen molar-refractivity contribution in [1.82, 2.24) is 0 Å². The average molecular weight is 258 g/mol. The Morgan fingerprint density at radius 1 is 1.17 bits per heavy atom. The number of esters is 1. The highest BCUT2D eigenvalue weighted by molar-refractivity contribution is 6.40. The number of benzene rings is 1. The molecular formula is C12H12F2O4. The summed E-state index contributed by atoms with van der Waals surface area (Å²) in [7, 11) is 0. The summed E-state index contributed by atoms with van der Waals surface area (Å²) in [5, 5.41) is 0. The van der Waals surface area contributed by atoms with Crippen LogP contribution in [0.3, 0.4) is 0 Å². The lowest BCUT2D eigenvalue weighted by Gasteiger charge is -2.07. The Morgan fingerprint density at radius 2 is 1.83 bits per heavy atom. The van der Waals surface area contributed by atoms with Crippen LogP contribution in [0.2, 0.25) is 0 Å². The summed E-state index contributed by atoms with van der Waals surface area (Å²) in [6.07, 6.45) is 0. The van der Waals surface area contributed by atoms with Crippen LogP contribution in [0.25, 0.3) is 0 Å². The number of hydrogen-bond donors (Lipinski definition) is 0. The van der Waals surface area contributed by atoms with Gasteiger partial charge in [0, 0.05) is 5.56 Å². The Hall–Kier alpha value is -1.98. The molecule has 6 heteroatoms. The molecular weight excluding hydrogens is 246 g/mol. The summed E-state index contributed by atoms with van der Waals surface area (Å²) in [4.78, 5) is 22.7. The molecule has 0 unspecified atom stereocenters. The molecule has 0 N–H and O–H groups in total. The highest BCUT2D eigenvalue weighted by Crippen LogP contribution is 2.22. The van der Waals surface area contributed by atoms with E-state index in [1.54, 1.807) is 6.92 Å². The first kappa shape index (κ1) is 14.1. The second kappa shape index (κ2) is 6.09. The molecule has 0 saturated carbocycles. The number of hydrogen-bond acceptors (Lipinski definition) is 4. The molecule has 0 aliphatic rings. The topological polar surface area (TPSA) is 52.6 Å². The van der Waals surface area contributed by atoms with Gasteiger partial charge in [-0.25, -0.2) is 9.18 Å². The van der Waals surface area contributed by atoms with E-state index in [1.807, 2.05) is 0 Å². The van der Waals surface area contributed by atoms with Crippen molar-refractivity contribution < 1.29 is 27.8 Å². The minimum atomic E-state index is -1.26. The number of carbonyl (C=O) groups excluding carboxylic acids is 2. The largest absolute Gasteiger partial charge is 0.491 e. The number of carbonyl (C=O) groups is 2. The van der Waals surface area contributed by atoms with Crippen LogP contribution in [0.5, 0.6) is 5.75 Å². The second-order valence-electron chi connectivity index (χ2n) is 3.25. The molecule has 4 nitrogen and oxygen atoms in total. The van der Waals surface area contributed by atoms with Crippen LogP contribution in [-0.2, 0) is 9.53 Å². The molecule has 0 spiro atoms. The van der Waals surface area contributed by atoms with E-state index in [0.717, 1.165) is 6.07 Å². The first-order chi connectivity index (χ1) is 8.51. The fourth-order valence-corrected chi connectivity index (χ4v) is 1.27. The molecule has 0 saturated heterocycles. The second-order valence-corrected chi connectivity index (χ2v) is 3.25. The maximum Gasteiger partial charge on any atom is 0.379 e. The molecule has 1 aromatic rings. The van der Waals surface area contributed by atoms with E-state index in [2.05, 4.69) is 4.74 Å². The van der Waals surface area contributed by atoms with E-state index in [0.29, 0.717) is 6.07 Å². The average Bonchev–Trinajstić information content (AvgIpc) is 2.34. The molecule has 1 rings (SSSR count). The number of rotatable bonds is 5. The molecule has 0 aliphatic heterocycles. The van der Waals surface area contributed by atoms with E-state index in [4.69, 9.17) is 4.74 Å². The fraction of sp³-hybridized carbons (Fsp3) is 0.333. The zero-order chi connectivity index (χ0) is 13.7. The molecule has 0 heterocycles. The third kappa shape index (κ3) is 3.03. The van der Waals surface area contributed by atoms with Crippen LogP contribution in [0.4, 0.5) is 8.78 Å². The van der Waals surface area contributed by atoms with E-state index >= 15 is 0 Å². The molecule has 0 fully saturated rings. The lowest BCUT2D eigenvalue weighted by Crippen LogP contribution is -2.18. The summed E-state index contributed by atoms with van der Waals surface area (Å²) in [6, 6.07) is 1.61. The van der Waals surface area contributed by atoms with Gasteiger partial charge in [-0.1, -0.05) is 0 Å². The van der Waals surface area contributed by atoms with Gasteiger partial charge in [0.15, 0.2) is 11.6 Å². The van der Waals surface area contributed by atoms with Crippen molar-refractivity contribution in [3.63, 3.8) is 0 Å². The number of ketones is 1. The number of Topliss-reactive ketones (excluding diaryl/α,β-unsaturated/α-hetero) is 1. The molecule has 0 amide bonds. The van der Waals surface area contributed by atoms with E-state index in [1.165, 1.54) is 6.92 Å². The molecule has 0 bridgehead atoms. The number of halogens is 2. The quantitative estimate of drug-likeness (QED) is 0.461. The Bertz CT molecular complexity index is 471. The minimum absolute atomic E-state index is 0.0204. The summed E-state index contributed by atoms with van der Waals surface area (Å²) in [5.74, 6) is -5.03. The van der Waals surface area contributed by atoms with Crippen molar-refractivity contribution in [3.8, 4) is 5.75 Å². The van der Waals surface area contributed by atoms with Crippen LogP contribution in [0.15, 0.2) is 12.1 Å². The van der Waals surface area contributed by atoms with Gasteiger partial charge in [0.25, 0.3) is 5.78 Å². The van der Waals surface area contributed by atoms with Gasteiger partial charge in [0.05, 0.1) is 13.2 Å². The maximum absolute atomic E-state index is 13.3. The zero-order valence-electron chi connectivity index (χ0n) is 9.96. The molecule has 0 aliphatic carbocycles. The van der Waals surface area contributed by atoms with Gasteiger partial charge in [-0.05, 0) is 26.0 Å². The van der Waals surface area contributed by atoms with Crippen LogP contribution >= 0.6 is 0 Å². The Morgan fingerprint density at radius 3 is 2.39 bits per heavy atom. The van der Waals surface area contributed by atoms with Crippen LogP contribution in [0.1, 0.15) is 24.2 Å². The van der Waals surface area contributed by atoms with Crippen molar-refractivity contribution in [2.75, 3.05) is 13.2 Å². The monoisotopic (exact) mass is 258 g/mol. The van der Waals surface area contributed by atoms with Gasteiger partial charge < -0.3 is 9.47 Å². The Balaban J connectivity index is 3.10. The third-order valence-electron chi connectivity index (χ3n) is 2.02. The standard InChI is InChI=1S/C12H12F2O4/c1-3-17-9-6-7(5-8(13)10(9)14)11(15)12(16)18-4-2/h5-6H,3-4H2,1-2H3. The highest BCUT2D eigenvalue weighted by Gasteiger charge is 2.21. The molecule has 18 heavy (non-hydrogen) atoms. The van der Waals surface area contributed by atoms with Gasteiger partial charge in [-0.3, -0.25) is 4.79 Å². The molecule has 0 aromatic heterocycles. The summed E-state index contributed by atoms with van der Waals surface area (Å²) in [5.41, 5.74) is -0.309. The van der Waals surface area contributed by atoms with Crippen molar-refractivity contribution in [1.29, 1.82) is 0 Å². The van der Waals surface area contributed by atoms with Gasteiger partial charge in [-0.15, -0.1) is 0 Å². The van der Waals surface area contributed by atoms with E-state index < -0.39 is 29.1 Å². The minimum Gasteiger partial charge on any atom is -0.491 e. The highest BCUT2D eigenvalue weighted by atomic mass is 19.2. The lowest BCUT2D eigenvalue weighted by atomic mass is 10.1. The third-order valence-corrected chi connectivity index (χ3v) is 2.02. The van der Waals surface area contributed by atoms with Gasteiger partial charge in [0.2, 0.25) is 5.82 Å². The first-order valence-electron chi connectivity index (χ1n) is 5.34. The van der Waals surface area contributed by atoms with Crippen LogP contribution in [0, 0.1) is 11.6 Å². The fourth-order valence-electron chi connectivity index (χ4n) is 1.27. The molecule has 98 valence electrons. The lowest BCUT2D eigenvalue weighted by molar-refractivity contribution is -0.137. The maximum atomic E-state index is 13.3. The summed E-state index contributed by atoms with van der Waals surface area (Å²) in [6.45, 7) is 3.24. The van der Waals surface area contributed by atoms with Gasteiger partial charge in [0.1, 0.15) is 0 Å². The summed E-state index contributed by atoms with van der Waals surface area (Å²) >= 11 is 0. The predicted molar refractivity (Wildman–Crippen MR) is 58.5 cm³/mol. The Labute approximate surface area is 103 Å². The first-order valence-corrected chi connectivity index (χ1v) is 5.34. The van der Waals surface area contributed by atoms with Gasteiger partial charge >= 0.3 is 5.97 Å². The summed E-state index contributed by atoms with van der Waals surface area (Å²) < 4.78 is 35.8. The molecule has 0 radical (unpaired) electrons. The van der Waals surface area contributed by atoms with E-state index in [-0.39, 0.29) is 18.8 Å². The van der Waals surface area contributed by atoms with Crippen LogP contribution < -0.4 is 4.74 Å². The number of ether oxygens (including phenoxy) is 2. The van der Waals surface area contributed by atoms with Gasteiger partial charge in [-0.2, -0.15) is 4.39 Å². The normalized spacial score (nSPS) is 10.0. The van der Waals surface area contributed by atoms with E-state index in [9.17, 15) is 18.4 Å². The van der Waals surface area contributed by atoms with Crippen molar-refractivity contribution in [2.45, 2.75) is 13.8 Å². The predicted octanol–water partition coefficient (Wildman–Crippen LogP) is 2.11. The van der Waals surface area contributed by atoms with Crippen molar-refractivity contribution in [3.05, 3.63) is 29.3 Å².